The number of rotatable bonds is 6. The summed E-state index contributed by atoms with van der Waals surface area (Å²) in [5.41, 5.74) is 0.568. The second-order valence-electron chi connectivity index (χ2n) is 8.93. The number of nitrogens with zero attached hydrogens (tertiary/aromatic N) is 1. The third kappa shape index (κ3) is 5.48. The number of carbonyl (C=O) groups is 1. The first-order valence-electron chi connectivity index (χ1n) is 8.92. The van der Waals surface area contributed by atoms with Gasteiger partial charge in [-0.05, 0) is 45.8 Å². The SMILES string of the molecule is CCOC(=O)C1=CCN(S(=O)C(C)(C)C)[C@H]1CO[Si](C)(C)C(C)(C)C. The molecule has 0 N–H and O–H groups in total. The summed E-state index contributed by atoms with van der Waals surface area (Å²) in [7, 11) is -3.19. The van der Waals surface area contributed by atoms with Crippen molar-refractivity contribution in [3.63, 3.8) is 0 Å². The van der Waals surface area contributed by atoms with E-state index >= 15 is 0 Å². The van der Waals surface area contributed by atoms with Gasteiger partial charge < -0.3 is 9.16 Å². The average molecular weight is 390 g/mol. The van der Waals surface area contributed by atoms with Crippen LogP contribution in [0, 0.1) is 0 Å². The molecule has 1 aliphatic rings. The third-order valence-corrected chi connectivity index (χ3v) is 11.2. The van der Waals surface area contributed by atoms with Crippen LogP contribution >= 0.6 is 0 Å². The summed E-state index contributed by atoms with van der Waals surface area (Å²) >= 11 is 0. The topological polar surface area (TPSA) is 55.8 Å². The van der Waals surface area contributed by atoms with Gasteiger partial charge in [-0.1, -0.05) is 26.8 Å². The van der Waals surface area contributed by atoms with Crippen LogP contribution in [0.25, 0.3) is 0 Å². The van der Waals surface area contributed by atoms with Crippen molar-refractivity contribution in [1.82, 2.24) is 4.31 Å². The Bertz CT molecular complexity index is 546. The predicted octanol–water partition coefficient (Wildman–Crippen LogP) is 3.64. The molecule has 1 heterocycles. The zero-order valence-corrected chi connectivity index (χ0v) is 19.1. The summed E-state index contributed by atoms with van der Waals surface area (Å²) in [6.45, 7) is 19.7. The van der Waals surface area contributed by atoms with Gasteiger partial charge in [0.15, 0.2) is 8.32 Å². The fourth-order valence-corrected chi connectivity index (χ4v) is 4.58. The Balaban J connectivity index is 3.04. The van der Waals surface area contributed by atoms with E-state index in [-0.39, 0.29) is 17.0 Å². The maximum atomic E-state index is 12.9. The van der Waals surface area contributed by atoms with Crippen molar-refractivity contribution in [2.75, 3.05) is 19.8 Å². The maximum absolute atomic E-state index is 12.9. The van der Waals surface area contributed by atoms with E-state index in [9.17, 15) is 9.00 Å². The van der Waals surface area contributed by atoms with Gasteiger partial charge in [0, 0.05) is 6.54 Å². The molecule has 0 saturated carbocycles. The van der Waals surface area contributed by atoms with E-state index < -0.39 is 24.1 Å². The molecule has 1 aliphatic heterocycles. The summed E-state index contributed by atoms with van der Waals surface area (Å²) in [5, 5.41) is 0.0768. The highest BCUT2D eigenvalue weighted by Gasteiger charge is 2.43. The molecule has 0 saturated heterocycles. The molecule has 0 aromatic carbocycles. The maximum Gasteiger partial charge on any atom is 0.335 e. The lowest BCUT2D eigenvalue weighted by Gasteiger charge is -2.38. The highest BCUT2D eigenvalue weighted by atomic mass is 32.2. The van der Waals surface area contributed by atoms with Crippen molar-refractivity contribution < 1.29 is 18.2 Å². The molecule has 0 aliphatic carbocycles. The van der Waals surface area contributed by atoms with Gasteiger partial charge in [0.25, 0.3) is 0 Å². The second kappa shape index (κ2) is 8.02. The third-order valence-electron chi connectivity index (χ3n) is 4.85. The standard InChI is InChI=1S/C18H35NO4SSi/c1-10-22-16(20)14-11-12-19(24(21)17(2,3)4)15(14)13-23-25(8,9)18(5,6)7/h11,15H,10,12-13H2,1-9H3/t15-,24?/m0/s1. The number of hydrogen-bond acceptors (Lipinski definition) is 4. The normalized spacial score (nSPS) is 21.2. The highest BCUT2D eigenvalue weighted by Crippen LogP contribution is 2.37. The van der Waals surface area contributed by atoms with Crippen molar-refractivity contribution in [3.05, 3.63) is 11.6 Å². The molecule has 0 aromatic rings. The fraction of sp³-hybridized carbons (Fsp3) is 0.833. The Morgan fingerprint density at radius 3 is 2.28 bits per heavy atom. The highest BCUT2D eigenvalue weighted by molar-refractivity contribution is 7.84. The molecule has 5 nitrogen and oxygen atoms in total. The van der Waals surface area contributed by atoms with E-state index in [2.05, 4.69) is 33.9 Å². The van der Waals surface area contributed by atoms with Gasteiger partial charge in [0.05, 0.1) is 29.6 Å². The summed E-state index contributed by atoms with van der Waals surface area (Å²) in [4.78, 5) is 12.3. The van der Waals surface area contributed by atoms with Crippen LogP contribution < -0.4 is 0 Å². The van der Waals surface area contributed by atoms with Crippen LogP contribution in [0.3, 0.4) is 0 Å². The molecular weight excluding hydrogens is 354 g/mol. The Morgan fingerprint density at radius 2 is 1.84 bits per heavy atom. The summed E-state index contributed by atoms with van der Waals surface area (Å²) in [6, 6.07) is -0.326. The molecule has 1 rings (SSSR count). The molecule has 7 heteroatoms. The minimum Gasteiger partial charge on any atom is -0.463 e. The minimum atomic E-state index is -1.97. The summed E-state index contributed by atoms with van der Waals surface area (Å²) < 4.78 is 25.9. The predicted molar refractivity (Wildman–Crippen MR) is 106 cm³/mol. The molecule has 2 atom stereocenters. The van der Waals surface area contributed by atoms with Crippen LogP contribution in [-0.4, -0.2) is 53.3 Å². The smallest absolute Gasteiger partial charge is 0.335 e. The van der Waals surface area contributed by atoms with E-state index in [0.29, 0.717) is 25.3 Å². The van der Waals surface area contributed by atoms with Crippen LogP contribution in [0.4, 0.5) is 0 Å². The lowest BCUT2D eigenvalue weighted by Crippen LogP contribution is -2.48. The summed E-state index contributed by atoms with van der Waals surface area (Å²) in [6.07, 6.45) is 1.83. The lowest BCUT2D eigenvalue weighted by molar-refractivity contribution is -0.139. The van der Waals surface area contributed by atoms with Gasteiger partial charge in [-0.2, -0.15) is 0 Å². The lowest BCUT2D eigenvalue weighted by atomic mass is 10.1. The molecule has 1 unspecified atom stereocenters. The van der Waals surface area contributed by atoms with Gasteiger partial charge in [-0.25, -0.2) is 13.3 Å². The van der Waals surface area contributed by atoms with Crippen LogP contribution in [0.15, 0.2) is 11.6 Å². The van der Waals surface area contributed by atoms with Crippen LogP contribution in [0.5, 0.6) is 0 Å². The van der Waals surface area contributed by atoms with E-state index in [1.807, 2.05) is 31.2 Å². The zero-order valence-electron chi connectivity index (χ0n) is 17.3. The zero-order chi connectivity index (χ0) is 19.6. The van der Waals surface area contributed by atoms with Crippen LogP contribution in [0.1, 0.15) is 48.5 Å². The average Bonchev–Trinajstić information content (AvgIpc) is 2.86. The van der Waals surface area contributed by atoms with Gasteiger partial charge in [-0.3, -0.25) is 0 Å². The van der Waals surface area contributed by atoms with Gasteiger partial charge >= 0.3 is 5.97 Å². The van der Waals surface area contributed by atoms with Gasteiger partial charge in [-0.15, -0.1) is 0 Å². The Morgan fingerprint density at radius 1 is 1.28 bits per heavy atom. The number of esters is 1. The molecule has 0 fully saturated rings. The quantitative estimate of drug-likeness (QED) is 0.514. The second-order valence-corrected chi connectivity index (χ2v) is 15.9. The first kappa shape index (κ1) is 22.5. The number of ether oxygens (including phenoxy) is 1. The summed E-state index contributed by atoms with van der Waals surface area (Å²) in [5.74, 6) is -0.334. The molecule has 146 valence electrons. The fourth-order valence-electron chi connectivity index (χ4n) is 2.25. The molecule has 0 radical (unpaired) electrons. The van der Waals surface area contributed by atoms with Crippen LogP contribution in [-0.2, 0) is 24.9 Å². The molecule has 25 heavy (non-hydrogen) atoms. The number of hydrogen-bond donors (Lipinski definition) is 0. The molecule has 0 bridgehead atoms. The molecule has 0 aromatic heterocycles. The minimum absolute atomic E-state index is 0.0768. The first-order chi connectivity index (χ1) is 11.2. The molecule has 0 amide bonds. The van der Waals surface area contributed by atoms with Crippen LogP contribution in [0.2, 0.25) is 18.1 Å². The van der Waals surface area contributed by atoms with E-state index in [1.54, 1.807) is 6.92 Å². The van der Waals surface area contributed by atoms with E-state index in [0.717, 1.165) is 0 Å². The monoisotopic (exact) mass is 389 g/mol. The Kier molecular flexibility index (Phi) is 7.23. The first-order valence-corrected chi connectivity index (χ1v) is 12.9. The van der Waals surface area contributed by atoms with Gasteiger partial charge in [0.2, 0.25) is 0 Å². The molecular formula is C18H35NO4SSi. The van der Waals surface area contributed by atoms with Crippen molar-refractivity contribution in [3.8, 4) is 0 Å². The van der Waals surface area contributed by atoms with Crippen molar-refractivity contribution in [2.45, 2.75) is 77.4 Å². The van der Waals surface area contributed by atoms with E-state index in [1.165, 1.54) is 0 Å². The van der Waals surface area contributed by atoms with Crippen molar-refractivity contribution in [2.24, 2.45) is 0 Å². The van der Waals surface area contributed by atoms with Crippen molar-refractivity contribution >= 4 is 25.3 Å². The van der Waals surface area contributed by atoms with E-state index in [4.69, 9.17) is 9.16 Å². The van der Waals surface area contributed by atoms with Gasteiger partial charge in [0.1, 0.15) is 11.0 Å². The molecule has 0 spiro atoms. The Labute approximate surface area is 156 Å². The number of carbonyl (C=O) groups excluding carboxylic acids is 1. The van der Waals surface area contributed by atoms with Crippen molar-refractivity contribution in [1.29, 1.82) is 0 Å². The largest absolute Gasteiger partial charge is 0.463 e. The Hall–Kier alpha value is -0.503.